The van der Waals surface area contributed by atoms with Crippen molar-refractivity contribution in [3.05, 3.63) is 28.7 Å². The predicted octanol–water partition coefficient (Wildman–Crippen LogP) is 1.87. The summed E-state index contributed by atoms with van der Waals surface area (Å²) in [5.41, 5.74) is -1.64. The Balaban J connectivity index is 2.03. The average molecular weight is 335 g/mol. The van der Waals surface area contributed by atoms with E-state index in [2.05, 4.69) is 15.3 Å². The largest absolute Gasteiger partial charge is 0.459 e. The normalized spacial score (nSPS) is 21.4. The number of aromatic nitrogens is 1. The molecule has 0 radical (unpaired) electrons. The molecule has 1 aliphatic heterocycles. The summed E-state index contributed by atoms with van der Waals surface area (Å²) in [6, 6.07) is -0.564. The number of rotatable bonds is 6. The molecule has 0 saturated heterocycles. The van der Waals surface area contributed by atoms with Crippen molar-refractivity contribution in [3.8, 4) is 0 Å². The lowest BCUT2D eigenvalue weighted by atomic mass is 9.91. The molecule has 1 aliphatic rings. The van der Waals surface area contributed by atoms with Gasteiger partial charge in [-0.25, -0.2) is 4.98 Å². The highest BCUT2D eigenvalue weighted by atomic mass is 32.1. The molecule has 1 aromatic rings. The number of carbonyl (C=O) groups is 2. The van der Waals surface area contributed by atoms with Gasteiger partial charge in [0.05, 0.1) is 12.6 Å². The number of ether oxygens (including phenoxy) is 1. The fourth-order valence-corrected chi connectivity index (χ4v) is 2.99. The van der Waals surface area contributed by atoms with Gasteiger partial charge in [-0.3, -0.25) is 19.9 Å². The predicted molar refractivity (Wildman–Crippen MR) is 89.7 cm³/mol. The van der Waals surface area contributed by atoms with Gasteiger partial charge in [0, 0.05) is 17.8 Å². The van der Waals surface area contributed by atoms with Crippen LogP contribution in [0.25, 0.3) is 0 Å². The van der Waals surface area contributed by atoms with E-state index < -0.39 is 23.2 Å². The Morgan fingerprint density at radius 1 is 1.43 bits per heavy atom. The van der Waals surface area contributed by atoms with Gasteiger partial charge in [0.25, 0.3) is 0 Å². The molecule has 124 valence electrons. The molecule has 1 unspecified atom stereocenters. The van der Waals surface area contributed by atoms with Crippen LogP contribution in [-0.4, -0.2) is 41.1 Å². The molecule has 0 fully saturated rings. The van der Waals surface area contributed by atoms with Crippen molar-refractivity contribution in [3.63, 3.8) is 0 Å². The van der Waals surface area contributed by atoms with Gasteiger partial charge in [-0.2, -0.15) is 0 Å². The molecule has 0 saturated carbocycles. The molecule has 1 aromatic heterocycles. The molecule has 0 aliphatic carbocycles. The van der Waals surface area contributed by atoms with Crippen LogP contribution in [0, 0.1) is 0 Å². The number of esters is 1. The quantitative estimate of drug-likeness (QED) is 0.803. The number of ketones is 1. The van der Waals surface area contributed by atoms with Crippen LogP contribution in [0.2, 0.25) is 0 Å². The first-order valence-corrected chi connectivity index (χ1v) is 8.25. The maximum absolute atomic E-state index is 12.9. The minimum Gasteiger partial charge on any atom is -0.459 e. The van der Waals surface area contributed by atoms with Crippen LogP contribution in [0.1, 0.15) is 32.7 Å². The summed E-state index contributed by atoms with van der Waals surface area (Å²) in [6.45, 7) is 7.08. The molecule has 2 heterocycles. The summed E-state index contributed by atoms with van der Waals surface area (Å²) in [5.74, 6) is -0.549. The fraction of sp³-hybridized carbons (Fsp3) is 0.500. The molecule has 7 heteroatoms. The molecular weight excluding hydrogens is 314 g/mol. The van der Waals surface area contributed by atoms with Crippen LogP contribution in [0.3, 0.4) is 0 Å². The average Bonchev–Trinajstić information content (AvgIpc) is 3.12. The van der Waals surface area contributed by atoms with Gasteiger partial charge in [-0.05, 0) is 39.8 Å². The minimum absolute atomic E-state index is 0.0362. The van der Waals surface area contributed by atoms with Crippen LogP contribution in [-0.2, 0) is 19.9 Å². The molecular formula is C16H21N3O3S. The summed E-state index contributed by atoms with van der Waals surface area (Å²) in [5, 5.41) is 5.35. The summed E-state index contributed by atoms with van der Waals surface area (Å²) in [7, 11) is 0. The van der Waals surface area contributed by atoms with Gasteiger partial charge in [0.15, 0.2) is 11.3 Å². The highest BCUT2D eigenvalue weighted by Crippen LogP contribution is 2.33. The van der Waals surface area contributed by atoms with Gasteiger partial charge < -0.3 is 4.74 Å². The number of aliphatic imine (C=N–C) groups is 1. The van der Waals surface area contributed by atoms with Crippen LogP contribution < -0.4 is 5.32 Å². The highest BCUT2D eigenvalue weighted by Gasteiger charge is 2.43. The zero-order valence-corrected chi connectivity index (χ0v) is 14.5. The summed E-state index contributed by atoms with van der Waals surface area (Å²) in [6.07, 6.45) is 6.72. The summed E-state index contributed by atoms with van der Waals surface area (Å²) in [4.78, 5) is 33.2. The number of thiazole rings is 1. The zero-order chi connectivity index (χ0) is 17.1. The first kappa shape index (κ1) is 17.5. The number of Topliss-reactive ketones (excluding diaryl/α,β-unsaturated/α-hetero) is 1. The van der Waals surface area contributed by atoms with Gasteiger partial charge in [0.1, 0.15) is 10.6 Å². The second-order valence-electron chi connectivity index (χ2n) is 6.29. The van der Waals surface area contributed by atoms with Crippen molar-refractivity contribution in [2.75, 3.05) is 6.54 Å². The molecule has 23 heavy (non-hydrogen) atoms. The Morgan fingerprint density at radius 2 is 2.17 bits per heavy atom. The number of nitrogens with zero attached hydrogens (tertiary/aromatic N) is 2. The van der Waals surface area contributed by atoms with E-state index in [0.29, 0.717) is 5.01 Å². The molecule has 0 bridgehead atoms. The van der Waals surface area contributed by atoms with E-state index in [0.717, 1.165) is 0 Å². The van der Waals surface area contributed by atoms with E-state index in [4.69, 9.17) is 4.74 Å². The topological polar surface area (TPSA) is 80.6 Å². The third-order valence-corrected chi connectivity index (χ3v) is 4.10. The van der Waals surface area contributed by atoms with E-state index in [1.165, 1.54) is 11.3 Å². The first-order valence-electron chi connectivity index (χ1n) is 7.37. The van der Waals surface area contributed by atoms with Crippen LogP contribution >= 0.6 is 11.3 Å². The van der Waals surface area contributed by atoms with Crippen molar-refractivity contribution in [1.82, 2.24) is 10.3 Å². The highest BCUT2D eigenvalue weighted by molar-refractivity contribution is 7.09. The van der Waals surface area contributed by atoms with Gasteiger partial charge >= 0.3 is 5.97 Å². The molecule has 1 N–H and O–H groups in total. The number of hydrogen-bond acceptors (Lipinski definition) is 7. The molecule has 2 rings (SSSR count). The van der Waals surface area contributed by atoms with Crippen LogP contribution in [0.15, 0.2) is 28.7 Å². The van der Waals surface area contributed by atoms with Crippen molar-refractivity contribution >= 4 is 29.3 Å². The fourth-order valence-electron chi connectivity index (χ4n) is 2.21. The van der Waals surface area contributed by atoms with Gasteiger partial charge in [-0.15, -0.1) is 11.3 Å². The maximum Gasteiger partial charge on any atom is 0.320 e. The summed E-state index contributed by atoms with van der Waals surface area (Å²) >= 11 is 1.38. The van der Waals surface area contributed by atoms with E-state index in [1.807, 2.05) is 5.38 Å². The summed E-state index contributed by atoms with van der Waals surface area (Å²) < 4.78 is 5.22. The third kappa shape index (κ3) is 4.11. The molecule has 6 nitrogen and oxygen atoms in total. The Kier molecular flexibility index (Phi) is 5.11. The Bertz CT molecular complexity index is 617. The maximum atomic E-state index is 12.9. The van der Waals surface area contributed by atoms with Crippen LogP contribution in [0.4, 0.5) is 0 Å². The second kappa shape index (κ2) is 6.72. The third-order valence-electron chi connectivity index (χ3n) is 3.20. The lowest BCUT2D eigenvalue weighted by Gasteiger charge is -2.25. The Morgan fingerprint density at radius 3 is 2.70 bits per heavy atom. The molecule has 0 aromatic carbocycles. The minimum atomic E-state index is -1.09. The first-order chi connectivity index (χ1) is 10.7. The Hall–Kier alpha value is -1.86. The zero-order valence-electron chi connectivity index (χ0n) is 13.7. The molecule has 0 spiro atoms. The lowest BCUT2D eigenvalue weighted by Crippen LogP contribution is -2.47. The number of hydrogen-bond donors (Lipinski definition) is 1. The SMILES string of the molecule is C[C@H](NCC(=O)OC(C)(C)C)C(=O)C1(c2nccs2)C=CC=N1. The smallest absolute Gasteiger partial charge is 0.320 e. The van der Waals surface area contributed by atoms with E-state index >= 15 is 0 Å². The second-order valence-corrected chi connectivity index (χ2v) is 7.19. The van der Waals surface area contributed by atoms with Crippen molar-refractivity contribution < 1.29 is 14.3 Å². The Labute approximate surface area is 139 Å². The number of allylic oxidation sites excluding steroid dienone is 1. The standard InChI is InChI=1S/C16H21N3O3S/c1-11(18-10-12(20)22-15(2,3)4)13(21)16(6-5-7-19-16)14-17-8-9-23-14/h5-9,11,18H,10H2,1-4H3/t11-,16?/m0/s1. The van der Waals surface area contributed by atoms with Gasteiger partial charge in [-0.1, -0.05) is 0 Å². The van der Waals surface area contributed by atoms with Crippen molar-refractivity contribution in [1.29, 1.82) is 0 Å². The van der Waals surface area contributed by atoms with Crippen molar-refractivity contribution in [2.24, 2.45) is 4.99 Å². The van der Waals surface area contributed by atoms with Crippen LogP contribution in [0.5, 0.6) is 0 Å². The van der Waals surface area contributed by atoms with Gasteiger partial charge in [0.2, 0.25) is 0 Å². The van der Waals surface area contributed by atoms with Crippen molar-refractivity contribution in [2.45, 2.75) is 44.9 Å². The monoisotopic (exact) mass is 335 g/mol. The molecule has 2 atom stereocenters. The molecule has 0 amide bonds. The lowest BCUT2D eigenvalue weighted by molar-refractivity contribution is -0.153. The van der Waals surface area contributed by atoms with E-state index in [1.54, 1.807) is 52.3 Å². The van der Waals surface area contributed by atoms with E-state index in [9.17, 15) is 9.59 Å². The van der Waals surface area contributed by atoms with E-state index in [-0.39, 0.29) is 12.3 Å². The number of nitrogens with one attached hydrogen (secondary N) is 1. The number of carbonyl (C=O) groups excluding carboxylic acids is 2.